The fourth-order valence-corrected chi connectivity index (χ4v) is 2.94. The van der Waals surface area contributed by atoms with E-state index in [1.165, 1.54) is 12.1 Å². The van der Waals surface area contributed by atoms with Gasteiger partial charge in [-0.05, 0) is 47.5 Å². The first-order chi connectivity index (χ1) is 18.8. The molecular formula is C26H24O14. The zero-order chi connectivity index (χ0) is 30.0. The second-order valence-electron chi connectivity index (χ2n) is 7.79. The quantitative estimate of drug-likeness (QED) is 0.0670. The zero-order valence-electron chi connectivity index (χ0n) is 20.6. The minimum absolute atomic E-state index is 0.208. The van der Waals surface area contributed by atoms with Gasteiger partial charge in [-0.25, -0.2) is 19.2 Å². The molecular weight excluding hydrogens is 536 g/mol. The number of aromatic hydroxyl groups is 4. The maximum atomic E-state index is 12.5. The predicted molar refractivity (Wildman–Crippen MR) is 134 cm³/mol. The number of aliphatic carboxylic acids is 1. The van der Waals surface area contributed by atoms with Crippen LogP contribution in [0.2, 0.25) is 0 Å². The van der Waals surface area contributed by atoms with Gasteiger partial charge in [0.1, 0.15) is 0 Å². The molecule has 2 rings (SSSR count). The van der Waals surface area contributed by atoms with E-state index in [9.17, 15) is 54.9 Å². The van der Waals surface area contributed by atoms with Gasteiger partial charge in [0.25, 0.3) is 0 Å². The second-order valence-corrected chi connectivity index (χ2v) is 7.79. The normalized spacial score (nSPS) is 13.9. The van der Waals surface area contributed by atoms with Gasteiger partial charge in [-0.1, -0.05) is 12.1 Å². The monoisotopic (exact) mass is 560 g/mol. The third kappa shape index (κ3) is 8.81. The molecule has 2 aromatic rings. The number of benzene rings is 2. The Morgan fingerprint density at radius 2 is 1.23 bits per heavy atom. The molecule has 40 heavy (non-hydrogen) atoms. The van der Waals surface area contributed by atoms with Crippen molar-refractivity contribution in [2.75, 3.05) is 7.11 Å². The average molecular weight is 560 g/mol. The van der Waals surface area contributed by atoms with Gasteiger partial charge in [0.05, 0.1) is 7.11 Å². The highest BCUT2D eigenvalue weighted by atomic mass is 16.6. The lowest BCUT2D eigenvalue weighted by Gasteiger charge is -2.26. The molecule has 0 radical (unpaired) electrons. The molecule has 3 atom stereocenters. The Morgan fingerprint density at radius 1 is 0.750 bits per heavy atom. The highest BCUT2D eigenvalue weighted by molar-refractivity contribution is 5.89. The standard InChI is InChI=1S/C26H24O14/c1-38-26(37)19(31)12-20(39-21(32)8-4-13-2-6-15(27)17(29)10-13)24(23(34)25(35)36)40-22(33)9-5-14-3-7-16(28)18(30)11-14/h2-12,20,23-24,27-31,34H,1H3,(H,35,36)/t20-,23+,24-/m0/s1. The fourth-order valence-electron chi connectivity index (χ4n) is 2.94. The molecule has 0 amide bonds. The molecule has 0 aliphatic rings. The molecule has 0 saturated carbocycles. The Morgan fingerprint density at radius 3 is 1.65 bits per heavy atom. The molecule has 0 aliphatic carbocycles. The van der Waals surface area contributed by atoms with Crippen molar-refractivity contribution in [3.8, 4) is 23.0 Å². The van der Waals surface area contributed by atoms with Crippen LogP contribution in [0.1, 0.15) is 11.1 Å². The van der Waals surface area contributed by atoms with Crippen LogP contribution in [-0.2, 0) is 33.4 Å². The Balaban J connectivity index is 2.37. The van der Waals surface area contributed by atoms with Gasteiger partial charge in [0.15, 0.2) is 41.3 Å². The van der Waals surface area contributed by atoms with Crippen molar-refractivity contribution in [3.05, 3.63) is 71.5 Å². The van der Waals surface area contributed by atoms with Crippen molar-refractivity contribution >= 4 is 36.0 Å². The van der Waals surface area contributed by atoms with E-state index in [0.717, 1.165) is 55.7 Å². The van der Waals surface area contributed by atoms with Crippen LogP contribution in [0.15, 0.2) is 60.4 Å². The summed E-state index contributed by atoms with van der Waals surface area (Å²) in [7, 11) is 0.902. The molecule has 0 bridgehead atoms. The number of aliphatic hydroxyl groups excluding tert-OH is 2. The second kappa shape index (κ2) is 13.9. The Hall–Kier alpha value is -5.50. The summed E-state index contributed by atoms with van der Waals surface area (Å²) in [6, 6.07) is 7.07. The number of hydrogen-bond donors (Lipinski definition) is 7. The number of aliphatic hydroxyl groups is 2. The van der Waals surface area contributed by atoms with Gasteiger partial charge >= 0.3 is 23.9 Å². The Labute approximate surface area is 225 Å². The van der Waals surface area contributed by atoms with Crippen LogP contribution in [-0.4, -0.2) is 85.0 Å². The first-order valence-electron chi connectivity index (χ1n) is 11.0. The molecule has 212 valence electrons. The number of esters is 3. The van der Waals surface area contributed by atoms with Gasteiger partial charge in [-0.15, -0.1) is 0 Å². The number of rotatable bonds is 11. The van der Waals surface area contributed by atoms with E-state index in [4.69, 9.17) is 9.47 Å². The summed E-state index contributed by atoms with van der Waals surface area (Å²) < 4.78 is 14.4. The molecule has 0 aliphatic heterocycles. The Bertz CT molecular complexity index is 1360. The Kier molecular flexibility index (Phi) is 10.7. The van der Waals surface area contributed by atoms with Gasteiger partial charge in [0.2, 0.25) is 5.76 Å². The van der Waals surface area contributed by atoms with Crippen LogP contribution in [0.25, 0.3) is 12.2 Å². The lowest BCUT2D eigenvalue weighted by atomic mass is 10.1. The highest BCUT2D eigenvalue weighted by Crippen LogP contribution is 2.26. The highest BCUT2D eigenvalue weighted by Gasteiger charge is 2.38. The van der Waals surface area contributed by atoms with Crippen molar-refractivity contribution < 1.29 is 69.1 Å². The van der Waals surface area contributed by atoms with Gasteiger partial charge in [0, 0.05) is 18.2 Å². The number of ether oxygens (including phenoxy) is 3. The number of hydrogen-bond acceptors (Lipinski definition) is 13. The summed E-state index contributed by atoms with van der Waals surface area (Å²) in [4.78, 5) is 48.1. The number of phenols is 4. The third-order valence-corrected chi connectivity index (χ3v) is 4.93. The average Bonchev–Trinajstić information content (AvgIpc) is 2.91. The van der Waals surface area contributed by atoms with E-state index < -0.39 is 70.9 Å². The predicted octanol–water partition coefficient (Wildman–Crippen LogP) is 1.12. The number of methoxy groups -OCH3 is 1. The largest absolute Gasteiger partial charge is 0.504 e. The maximum absolute atomic E-state index is 12.5. The maximum Gasteiger partial charge on any atom is 0.372 e. The minimum Gasteiger partial charge on any atom is -0.504 e. The summed E-state index contributed by atoms with van der Waals surface area (Å²) >= 11 is 0. The fraction of sp³-hybridized carbons (Fsp3) is 0.154. The molecule has 0 heterocycles. The molecule has 0 aromatic heterocycles. The summed E-state index contributed by atoms with van der Waals surface area (Å²) in [6.45, 7) is 0. The summed E-state index contributed by atoms with van der Waals surface area (Å²) in [5, 5.41) is 67.3. The van der Waals surface area contributed by atoms with Crippen molar-refractivity contribution in [1.82, 2.24) is 0 Å². The number of carbonyl (C=O) groups excluding carboxylic acids is 3. The molecule has 2 aromatic carbocycles. The summed E-state index contributed by atoms with van der Waals surface area (Å²) in [5.41, 5.74) is 0.426. The van der Waals surface area contributed by atoms with Crippen LogP contribution >= 0.6 is 0 Å². The lowest BCUT2D eigenvalue weighted by molar-refractivity contribution is -0.176. The van der Waals surface area contributed by atoms with E-state index in [0.29, 0.717) is 6.08 Å². The minimum atomic E-state index is -2.53. The number of carboxylic acid groups (broad SMARTS) is 1. The zero-order valence-corrected chi connectivity index (χ0v) is 20.6. The number of phenolic OH excluding ortho intramolecular Hbond substituents is 4. The summed E-state index contributed by atoms with van der Waals surface area (Å²) in [5.74, 6) is -8.80. The topological polar surface area (TPSA) is 238 Å². The van der Waals surface area contributed by atoms with Gasteiger partial charge < -0.3 is 50.0 Å². The molecule has 0 fully saturated rings. The van der Waals surface area contributed by atoms with E-state index in [-0.39, 0.29) is 11.1 Å². The van der Waals surface area contributed by atoms with Crippen molar-refractivity contribution in [1.29, 1.82) is 0 Å². The van der Waals surface area contributed by atoms with E-state index >= 15 is 0 Å². The first kappa shape index (κ1) is 30.7. The molecule has 14 nitrogen and oxygen atoms in total. The number of carboxylic acids is 1. The van der Waals surface area contributed by atoms with E-state index in [2.05, 4.69) is 4.74 Å². The van der Waals surface area contributed by atoms with Crippen molar-refractivity contribution in [2.45, 2.75) is 18.3 Å². The molecule has 0 saturated heterocycles. The van der Waals surface area contributed by atoms with Crippen molar-refractivity contribution in [3.63, 3.8) is 0 Å². The molecule has 0 unspecified atom stereocenters. The lowest BCUT2D eigenvalue weighted by Crippen LogP contribution is -2.46. The van der Waals surface area contributed by atoms with E-state index in [1.807, 2.05) is 0 Å². The van der Waals surface area contributed by atoms with Gasteiger partial charge in [-0.3, -0.25) is 0 Å². The molecule has 0 spiro atoms. The van der Waals surface area contributed by atoms with Crippen molar-refractivity contribution in [2.24, 2.45) is 0 Å². The van der Waals surface area contributed by atoms with Crippen LogP contribution in [0.4, 0.5) is 0 Å². The molecule has 14 heteroatoms. The van der Waals surface area contributed by atoms with Crippen LogP contribution < -0.4 is 0 Å². The molecule has 7 N–H and O–H groups in total. The SMILES string of the molecule is COC(=O)C(O)=C[C@H](OC(=O)C=Cc1ccc(O)c(O)c1)[C@H](OC(=O)C=Cc1ccc(O)c(O)c1)[C@@H](O)C(=O)O. The van der Waals surface area contributed by atoms with Crippen LogP contribution in [0, 0.1) is 0 Å². The number of carbonyl (C=O) groups is 4. The van der Waals surface area contributed by atoms with E-state index in [1.54, 1.807) is 0 Å². The van der Waals surface area contributed by atoms with Crippen LogP contribution in [0.5, 0.6) is 23.0 Å². The smallest absolute Gasteiger partial charge is 0.372 e. The van der Waals surface area contributed by atoms with Gasteiger partial charge in [-0.2, -0.15) is 0 Å². The summed E-state index contributed by atoms with van der Waals surface area (Å²) in [6.07, 6.45) is -2.58. The third-order valence-electron chi connectivity index (χ3n) is 4.93. The first-order valence-corrected chi connectivity index (χ1v) is 11.0. The van der Waals surface area contributed by atoms with Crippen LogP contribution in [0.3, 0.4) is 0 Å².